The van der Waals surface area contributed by atoms with Gasteiger partial charge in [-0.1, -0.05) is 22.0 Å². The predicted octanol–water partition coefficient (Wildman–Crippen LogP) is 1.93. The molecule has 7 heteroatoms. The molecule has 0 radical (unpaired) electrons. The number of carbonyl (C=O) groups is 1. The number of benzene rings is 1. The standard InChI is InChI=1S/C12H15BrF2N2O2/c1-8(11(18)17-7-12(14,15)6-16)19-10-4-2-3-9(13)5-10/h2-5,8H,6-7,16H2,1H3,(H,17,18). The number of hydrogen-bond acceptors (Lipinski definition) is 3. The highest BCUT2D eigenvalue weighted by Gasteiger charge is 2.28. The third-order valence-electron chi connectivity index (χ3n) is 2.30. The van der Waals surface area contributed by atoms with Gasteiger partial charge in [0.2, 0.25) is 0 Å². The van der Waals surface area contributed by atoms with Gasteiger partial charge in [-0.15, -0.1) is 0 Å². The molecule has 0 aromatic heterocycles. The van der Waals surface area contributed by atoms with Crippen LogP contribution in [0.2, 0.25) is 0 Å². The third-order valence-corrected chi connectivity index (χ3v) is 2.79. The van der Waals surface area contributed by atoms with Crippen LogP contribution in [0.25, 0.3) is 0 Å². The largest absolute Gasteiger partial charge is 0.481 e. The van der Waals surface area contributed by atoms with Crippen LogP contribution in [0.1, 0.15) is 6.92 Å². The van der Waals surface area contributed by atoms with Crippen LogP contribution >= 0.6 is 15.9 Å². The summed E-state index contributed by atoms with van der Waals surface area (Å²) in [5.41, 5.74) is 4.87. The molecule has 0 saturated carbocycles. The number of nitrogens with two attached hydrogens (primary N) is 1. The lowest BCUT2D eigenvalue weighted by Gasteiger charge is -2.18. The van der Waals surface area contributed by atoms with Crippen molar-refractivity contribution in [3.8, 4) is 5.75 Å². The fraction of sp³-hybridized carbons (Fsp3) is 0.417. The number of carbonyl (C=O) groups excluding carboxylic acids is 1. The van der Waals surface area contributed by atoms with Gasteiger partial charge in [0.05, 0.1) is 13.1 Å². The lowest BCUT2D eigenvalue weighted by Crippen LogP contribution is -2.45. The second kappa shape index (κ2) is 6.81. The van der Waals surface area contributed by atoms with Crippen molar-refractivity contribution in [3.05, 3.63) is 28.7 Å². The Morgan fingerprint density at radius 2 is 2.26 bits per heavy atom. The van der Waals surface area contributed by atoms with E-state index in [-0.39, 0.29) is 0 Å². The summed E-state index contributed by atoms with van der Waals surface area (Å²) >= 11 is 3.26. The van der Waals surface area contributed by atoms with E-state index < -0.39 is 31.0 Å². The zero-order valence-corrected chi connectivity index (χ0v) is 11.9. The molecule has 0 fully saturated rings. The van der Waals surface area contributed by atoms with Gasteiger partial charge in [0, 0.05) is 4.47 Å². The molecule has 1 aromatic rings. The van der Waals surface area contributed by atoms with E-state index in [2.05, 4.69) is 21.2 Å². The molecule has 0 aliphatic heterocycles. The fourth-order valence-corrected chi connectivity index (χ4v) is 1.61. The van der Waals surface area contributed by atoms with Crippen molar-refractivity contribution >= 4 is 21.8 Å². The second-order valence-corrected chi connectivity index (χ2v) is 4.91. The van der Waals surface area contributed by atoms with E-state index in [0.717, 1.165) is 4.47 Å². The molecule has 1 unspecified atom stereocenters. The minimum Gasteiger partial charge on any atom is -0.481 e. The molecule has 0 heterocycles. The quantitative estimate of drug-likeness (QED) is 0.834. The zero-order chi connectivity index (χ0) is 14.5. The minimum atomic E-state index is -3.11. The summed E-state index contributed by atoms with van der Waals surface area (Å²) in [5.74, 6) is -3.25. The zero-order valence-electron chi connectivity index (χ0n) is 10.3. The number of hydrogen-bond donors (Lipinski definition) is 2. The molecule has 1 amide bonds. The number of nitrogens with one attached hydrogen (secondary N) is 1. The summed E-state index contributed by atoms with van der Waals surface area (Å²) in [6.45, 7) is -0.126. The Morgan fingerprint density at radius 3 is 2.84 bits per heavy atom. The van der Waals surface area contributed by atoms with E-state index in [0.29, 0.717) is 5.75 Å². The maximum atomic E-state index is 12.9. The highest BCUT2D eigenvalue weighted by molar-refractivity contribution is 9.10. The van der Waals surface area contributed by atoms with Gasteiger partial charge in [-0.3, -0.25) is 4.79 Å². The average molecular weight is 337 g/mol. The molecule has 0 spiro atoms. The first-order chi connectivity index (χ1) is 8.84. The van der Waals surface area contributed by atoms with Crippen LogP contribution in [-0.4, -0.2) is 31.0 Å². The first-order valence-corrected chi connectivity index (χ1v) is 6.41. The van der Waals surface area contributed by atoms with Crippen LogP contribution < -0.4 is 15.8 Å². The second-order valence-electron chi connectivity index (χ2n) is 4.00. The number of halogens is 3. The van der Waals surface area contributed by atoms with Gasteiger partial charge in [0.25, 0.3) is 11.8 Å². The first-order valence-electron chi connectivity index (χ1n) is 5.62. The molecule has 4 nitrogen and oxygen atoms in total. The summed E-state index contributed by atoms with van der Waals surface area (Å²) in [5, 5.41) is 2.10. The topological polar surface area (TPSA) is 64.3 Å². The van der Waals surface area contributed by atoms with Crippen LogP contribution in [0.15, 0.2) is 28.7 Å². The Balaban J connectivity index is 2.49. The molecule has 0 aliphatic carbocycles. The minimum absolute atomic E-state index is 0.475. The van der Waals surface area contributed by atoms with Crippen LogP contribution in [0.4, 0.5) is 8.78 Å². The summed E-state index contributed by atoms with van der Waals surface area (Å²) < 4.78 is 31.9. The first kappa shape index (κ1) is 15.8. The Labute approximate surface area is 118 Å². The number of rotatable bonds is 6. The highest BCUT2D eigenvalue weighted by Crippen LogP contribution is 2.19. The molecule has 0 aliphatic rings. The van der Waals surface area contributed by atoms with E-state index in [1.165, 1.54) is 6.92 Å². The Bertz CT molecular complexity index is 443. The van der Waals surface area contributed by atoms with Crippen molar-refractivity contribution < 1.29 is 18.3 Å². The van der Waals surface area contributed by atoms with Crippen LogP contribution in [0, 0.1) is 0 Å². The van der Waals surface area contributed by atoms with Gasteiger partial charge in [-0.05, 0) is 25.1 Å². The van der Waals surface area contributed by atoms with Gasteiger partial charge in [-0.25, -0.2) is 8.78 Å². The summed E-state index contributed by atoms with van der Waals surface area (Å²) in [4.78, 5) is 11.6. The number of alkyl halides is 2. The third kappa shape index (κ3) is 5.52. The van der Waals surface area contributed by atoms with E-state index in [4.69, 9.17) is 10.5 Å². The summed E-state index contributed by atoms with van der Waals surface area (Å²) in [7, 11) is 0. The molecule has 3 N–H and O–H groups in total. The maximum Gasteiger partial charge on any atom is 0.277 e. The number of amides is 1. The van der Waals surface area contributed by atoms with Crippen molar-refractivity contribution in [3.63, 3.8) is 0 Å². The number of ether oxygens (including phenoxy) is 1. The molecule has 19 heavy (non-hydrogen) atoms. The van der Waals surface area contributed by atoms with Crippen molar-refractivity contribution in [1.82, 2.24) is 5.32 Å². The Morgan fingerprint density at radius 1 is 1.58 bits per heavy atom. The normalized spacial score (nSPS) is 12.9. The Hall–Kier alpha value is -1.21. The molecular weight excluding hydrogens is 322 g/mol. The highest BCUT2D eigenvalue weighted by atomic mass is 79.9. The maximum absolute atomic E-state index is 12.9. The van der Waals surface area contributed by atoms with Gasteiger partial charge >= 0.3 is 0 Å². The average Bonchev–Trinajstić information content (AvgIpc) is 2.36. The van der Waals surface area contributed by atoms with E-state index in [9.17, 15) is 13.6 Å². The van der Waals surface area contributed by atoms with Crippen molar-refractivity contribution in [2.75, 3.05) is 13.1 Å². The van der Waals surface area contributed by atoms with Crippen molar-refractivity contribution in [2.24, 2.45) is 5.73 Å². The molecule has 1 rings (SSSR count). The molecule has 1 atom stereocenters. The molecule has 0 bridgehead atoms. The van der Waals surface area contributed by atoms with Crippen molar-refractivity contribution in [2.45, 2.75) is 19.0 Å². The Kier molecular flexibility index (Phi) is 5.68. The summed E-state index contributed by atoms with van der Waals surface area (Å²) in [6.07, 6.45) is -0.872. The van der Waals surface area contributed by atoms with Crippen molar-refractivity contribution in [1.29, 1.82) is 0 Å². The van der Waals surface area contributed by atoms with Gasteiger partial charge in [-0.2, -0.15) is 0 Å². The van der Waals surface area contributed by atoms with E-state index in [1.54, 1.807) is 24.3 Å². The molecular formula is C12H15BrF2N2O2. The van der Waals surface area contributed by atoms with Crippen LogP contribution in [-0.2, 0) is 4.79 Å². The molecule has 1 aromatic carbocycles. The monoisotopic (exact) mass is 336 g/mol. The predicted molar refractivity (Wildman–Crippen MR) is 71.2 cm³/mol. The molecule has 0 saturated heterocycles. The van der Waals surface area contributed by atoms with Crippen LogP contribution in [0.3, 0.4) is 0 Å². The van der Waals surface area contributed by atoms with Crippen LogP contribution in [0.5, 0.6) is 5.75 Å². The lowest BCUT2D eigenvalue weighted by molar-refractivity contribution is -0.129. The fourth-order valence-electron chi connectivity index (χ4n) is 1.23. The van der Waals surface area contributed by atoms with Gasteiger partial charge in [0.1, 0.15) is 5.75 Å². The van der Waals surface area contributed by atoms with E-state index >= 15 is 0 Å². The van der Waals surface area contributed by atoms with Gasteiger partial charge in [0.15, 0.2) is 6.10 Å². The summed E-state index contributed by atoms with van der Waals surface area (Å²) in [6, 6.07) is 6.90. The van der Waals surface area contributed by atoms with E-state index in [1.807, 2.05) is 0 Å². The smallest absolute Gasteiger partial charge is 0.277 e. The van der Waals surface area contributed by atoms with Gasteiger partial charge < -0.3 is 15.8 Å². The lowest BCUT2D eigenvalue weighted by atomic mass is 10.3. The molecule has 106 valence electrons. The SMILES string of the molecule is CC(Oc1cccc(Br)c1)C(=O)NCC(F)(F)CN.